The molecule has 27 heavy (non-hydrogen) atoms. The molecule has 142 valence electrons. The van der Waals surface area contributed by atoms with Gasteiger partial charge in [0.2, 0.25) is 5.95 Å². The molecule has 0 bridgehead atoms. The topological polar surface area (TPSA) is 80.9 Å². The zero-order chi connectivity index (χ0) is 19.6. The summed E-state index contributed by atoms with van der Waals surface area (Å²) in [5.74, 6) is 1.21. The van der Waals surface area contributed by atoms with Crippen LogP contribution >= 0.6 is 0 Å². The van der Waals surface area contributed by atoms with Crippen molar-refractivity contribution in [3.63, 3.8) is 0 Å². The van der Waals surface area contributed by atoms with Gasteiger partial charge in [0, 0.05) is 45.5 Å². The summed E-state index contributed by atoms with van der Waals surface area (Å²) in [5.41, 5.74) is 2.36. The van der Waals surface area contributed by atoms with E-state index in [2.05, 4.69) is 20.5 Å². The molecule has 0 saturated carbocycles. The molecular formula is C19H25N7O. The van der Waals surface area contributed by atoms with Crippen molar-refractivity contribution in [3.05, 3.63) is 47.8 Å². The Morgan fingerprint density at radius 3 is 2.59 bits per heavy atom. The van der Waals surface area contributed by atoms with Gasteiger partial charge in [0.1, 0.15) is 0 Å². The molecule has 3 rings (SSSR count). The highest BCUT2D eigenvalue weighted by atomic mass is 16.1. The highest BCUT2D eigenvalue weighted by molar-refractivity contribution is 5.95. The number of hydrogen-bond donors (Lipinski definition) is 1. The number of amides is 1. The first kappa shape index (κ1) is 18.6. The lowest BCUT2D eigenvalue weighted by atomic mass is 10.1. The number of nitrogens with one attached hydrogen (secondary N) is 1. The van der Waals surface area contributed by atoms with Gasteiger partial charge in [0.25, 0.3) is 5.91 Å². The number of rotatable bonds is 6. The first-order chi connectivity index (χ1) is 12.9. The van der Waals surface area contributed by atoms with E-state index in [1.54, 1.807) is 21.6 Å². The van der Waals surface area contributed by atoms with Crippen LogP contribution in [0.2, 0.25) is 0 Å². The molecular weight excluding hydrogens is 342 g/mol. The zero-order valence-corrected chi connectivity index (χ0v) is 16.3. The van der Waals surface area contributed by atoms with Crippen LogP contribution in [0.25, 0.3) is 11.4 Å². The maximum absolute atomic E-state index is 12.8. The summed E-state index contributed by atoms with van der Waals surface area (Å²) in [6.07, 6.45) is 2.51. The lowest BCUT2D eigenvalue weighted by molar-refractivity contribution is 0.0934. The third-order valence-corrected chi connectivity index (χ3v) is 4.45. The van der Waals surface area contributed by atoms with Gasteiger partial charge in [-0.15, -0.1) is 5.10 Å². The largest absolute Gasteiger partial charge is 0.347 e. The normalized spacial score (nSPS) is 12.0. The summed E-state index contributed by atoms with van der Waals surface area (Å²) < 4.78 is 3.50. The molecule has 0 aliphatic carbocycles. The molecule has 1 N–H and O–H groups in total. The fraction of sp³-hybridized carbons (Fsp3) is 0.368. The van der Waals surface area contributed by atoms with Gasteiger partial charge in [0.15, 0.2) is 5.82 Å². The van der Waals surface area contributed by atoms with Crippen LogP contribution in [0.4, 0.5) is 5.95 Å². The maximum atomic E-state index is 12.8. The van der Waals surface area contributed by atoms with Gasteiger partial charge < -0.3 is 10.2 Å². The zero-order valence-electron chi connectivity index (χ0n) is 16.3. The summed E-state index contributed by atoms with van der Waals surface area (Å²) in [4.78, 5) is 19.2. The Balaban J connectivity index is 1.83. The van der Waals surface area contributed by atoms with Crippen LogP contribution in [0.15, 0.2) is 36.5 Å². The molecule has 1 amide bonds. The fourth-order valence-electron chi connectivity index (χ4n) is 3.04. The minimum absolute atomic E-state index is 0.0954. The molecule has 8 nitrogen and oxygen atoms in total. The number of hydrogen-bond acceptors (Lipinski definition) is 5. The molecule has 1 aromatic carbocycles. The van der Waals surface area contributed by atoms with E-state index in [-0.39, 0.29) is 11.9 Å². The van der Waals surface area contributed by atoms with Crippen LogP contribution < -0.4 is 10.2 Å². The molecule has 1 atom stereocenters. The van der Waals surface area contributed by atoms with Crippen LogP contribution in [0.5, 0.6) is 0 Å². The van der Waals surface area contributed by atoms with E-state index in [1.807, 2.05) is 64.3 Å². The standard InChI is InChI=1S/C19H25N7O/c1-6-15(16-10-11-20-25(16)4)21-18(27)14-9-7-8-13(12-14)17-22-19(24(2)3)26(5)23-17/h7-12,15H,6H2,1-5H3,(H,21,27)/t15-/m0/s1. The van der Waals surface area contributed by atoms with Gasteiger partial charge >= 0.3 is 0 Å². The van der Waals surface area contributed by atoms with Crippen molar-refractivity contribution in [1.82, 2.24) is 29.9 Å². The summed E-state index contributed by atoms with van der Waals surface area (Å²) in [7, 11) is 7.56. The van der Waals surface area contributed by atoms with Gasteiger partial charge in [0.05, 0.1) is 11.7 Å². The minimum atomic E-state index is -0.131. The van der Waals surface area contributed by atoms with Crippen LogP contribution in [0.1, 0.15) is 35.4 Å². The molecule has 0 aliphatic heterocycles. The van der Waals surface area contributed by atoms with Gasteiger partial charge in [-0.05, 0) is 24.6 Å². The average Bonchev–Trinajstić information content (AvgIpc) is 3.25. The van der Waals surface area contributed by atoms with Crippen LogP contribution in [-0.2, 0) is 14.1 Å². The number of carbonyl (C=O) groups excluding carboxylic acids is 1. The second-order valence-corrected chi connectivity index (χ2v) is 6.65. The third kappa shape index (κ3) is 3.84. The second kappa shape index (κ2) is 7.61. The van der Waals surface area contributed by atoms with Gasteiger partial charge in [-0.25, -0.2) is 4.68 Å². The van der Waals surface area contributed by atoms with Crippen molar-refractivity contribution in [2.24, 2.45) is 14.1 Å². The first-order valence-electron chi connectivity index (χ1n) is 8.88. The molecule has 8 heteroatoms. The Morgan fingerprint density at radius 2 is 2.00 bits per heavy atom. The fourth-order valence-corrected chi connectivity index (χ4v) is 3.04. The van der Waals surface area contributed by atoms with E-state index in [4.69, 9.17) is 0 Å². The number of aryl methyl sites for hydroxylation is 2. The van der Waals surface area contributed by atoms with Crippen molar-refractivity contribution in [1.29, 1.82) is 0 Å². The van der Waals surface area contributed by atoms with Crippen molar-refractivity contribution in [2.45, 2.75) is 19.4 Å². The van der Waals surface area contributed by atoms with Crippen molar-refractivity contribution in [2.75, 3.05) is 19.0 Å². The van der Waals surface area contributed by atoms with E-state index in [9.17, 15) is 4.79 Å². The third-order valence-electron chi connectivity index (χ3n) is 4.45. The SMILES string of the molecule is CC[C@H](NC(=O)c1cccc(-c2nc(N(C)C)n(C)n2)c1)c1ccnn1C. The molecule has 0 aliphatic rings. The van der Waals surface area contributed by atoms with Crippen LogP contribution in [0, 0.1) is 0 Å². The summed E-state index contributed by atoms with van der Waals surface area (Å²) >= 11 is 0. The highest BCUT2D eigenvalue weighted by Gasteiger charge is 2.18. The number of anilines is 1. The molecule has 3 aromatic rings. The molecule has 2 heterocycles. The number of nitrogens with zero attached hydrogens (tertiary/aromatic N) is 6. The Labute approximate surface area is 158 Å². The van der Waals surface area contributed by atoms with Crippen molar-refractivity contribution in [3.8, 4) is 11.4 Å². The molecule has 0 saturated heterocycles. The first-order valence-corrected chi connectivity index (χ1v) is 8.88. The van der Waals surface area contributed by atoms with E-state index in [0.29, 0.717) is 11.4 Å². The molecule has 0 fully saturated rings. The van der Waals surface area contributed by atoms with Gasteiger partial charge in [-0.2, -0.15) is 10.1 Å². The van der Waals surface area contributed by atoms with Crippen molar-refractivity contribution >= 4 is 11.9 Å². The van der Waals surface area contributed by atoms with E-state index < -0.39 is 0 Å². The van der Waals surface area contributed by atoms with Crippen LogP contribution in [0.3, 0.4) is 0 Å². The lowest BCUT2D eigenvalue weighted by Crippen LogP contribution is -2.29. The molecule has 0 unspecified atom stereocenters. The Hall–Kier alpha value is -3.16. The van der Waals surface area contributed by atoms with Crippen LogP contribution in [-0.4, -0.2) is 44.5 Å². The number of carbonyl (C=O) groups is 1. The Bertz CT molecular complexity index is 941. The Kier molecular flexibility index (Phi) is 5.25. The van der Waals surface area contributed by atoms with Gasteiger partial charge in [-0.1, -0.05) is 19.1 Å². The van der Waals surface area contributed by atoms with Crippen molar-refractivity contribution < 1.29 is 4.79 Å². The molecule has 0 radical (unpaired) electrons. The predicted octanol–water partition coefficient (Wildman–Crippen LogP) is 2.16. The molecule has 0 spiro atoms. The smallest absolute Gasteiger partial charge is 0.251 e. The minimum Gasteiger partial charge on any atom is -0.347 e. The average molecular weight is 367 g/mol. The monoisotopic (exact) mass is 367 g/mol. The summed E-state index contributed by atoms with van der Waals surface area (Å²) in [6.45, 7) is 2.04. The maximum Gasteiger partial charge on any atom is 0.251 e. The van der Waals surface area contributed by atoms with E-state index in [0.717, 1.165) is 23.6 Å². The summed E-state index contributed by atoms with van der Waals surface area (Å²) in [5, 5.41) is 11.7. The molecule has 2 aromatic heterocycles. The highest BCUT2D eigenvalue weighted by Crippen LogP contribution is 2.21. The number of benzene rings is 1. The second-order valence-electron chi connectivity index (χ2n) is 6.65. The quantitative estimate of drug-likeness (QED) is 0.722. The number of aromatic nitrogens is 5. The lowest BCUT2D eigenvalue weighted by Gasteiger charge is -2.17. The van der Waals surface area contributed by atoms with Gasteiger partial charge in [-0.3, -0.25) is 9.48 Å². The predicted molar refractivity (Wildman–Crippen MR) is 104 cm³/mol. The van der Waals surface area contributed by atoms with E-state index >= 15 is 0 Å². The Morgan fingerprint density at radius 1 is 1.22 bits per heavy atom. The summed E-state index contributed by atoms with van der Waals surface area (Å²) in [6, 6.07) is 9.20. The van der Waals surface area contributed by atoms with E-state index in [1.165, 1.54) is 0 Å².